The van der Waals surface area contributed by atoms with Crippen LogP contribution in [-0.2, 0) is 38.3 Å². The summed E-state index contributed by atoms with van der Waals surface area (Å²) in [6.45, 7) is 3.97. The minimum Gasteiger partial charge on any atom is -0.457 e. The Kier molecular flexibility index (Phi) is 41.5. The van der Waals surface area contributed by atoms with Crippen molar-refractivity contribution < 1.29 is 56.2 Å². The van der Waals surface area contributed by atoms with E-state index in [0.29, 0.717) is 13.0 Å². The molecule has 6 atom stereocenters. The highest BCUT2D eigenvalue weighted by molar-refractivity contribution is 7.80. The molecule has 0 aliphatic carbocycles. The summed E-state index contributed by atoms with van der Waals surface area (Å²) in [5.41, 5.74) is 0. The average molecular weight is 947 g/mol. The molecule has 0 spiro atoms. The number of unbranched alkanes of at least 4 members (excludes halogenated alkanes) is 30. The molecule has 0 saturated carbocycles. The number of carbonyl (C=O) groups is 1. The molecule has 0 bridgehead atoms. The first-order valence-electron chi connectivity index (χ1n) is 26.6. The summed E-state index contributed by atoms with van der Waals surface area (Å²) in [5.74, 6) is -0.409. The molecule has 6 unspecified atom stereocenters. The minimum absolute atomic E-state index is 0.0347. The monoisotopic (exact) mass is 947 g/mol. The van der Waals surface area contributed by atoms with Crippen LogP contribution in [0, 0.1) is 0 Å². The standard InChI is InChI=1S/C52H98O12S/c1-3-5-7-9-11-13-15-17-19-20-21-22-23-24-25-26-27-28-30-32-34-36-38-40-42-60-44-46(45-61-52-50(56)51(64-65(57,58)59)49(55)47(43-53)63-52)62-48(54)41-39-37-35-33-31-29-18-16-14-12-10-8-6-4-2/h10,12,16,18,46-47,49-53,55-56H,3-9,11,13-15,17,19-45H2,1-2H3,(H,57,58,59)/b12-10-,18-16-. The lowest BCUT2D eigenvalue weighted by atomic mass is 9.99. The average Bonchev–Trinajstić information content (AvgIpc) is 3.28. The van der Waals surface area contributed by atoms with Crippen LogP contribution in [0.3, 0.4) is 0 Å². The van der Waals surface area contributed by atoms with Crippen LogP contribution in [0.1, 0.15) is 239 Å². The minimum atomic E-state index is -5.06. The summed E-state index contributed by atoms with van der Waals surface area (Å²) in [4.78, 5) is 12.9. The SMILES string of the molecule is CCCC/C=C\C/C=C\CCCCCCCC(=O)OC(COCCCCCCCCCCCCCCCCCCCCCCCCCC)COC1OC(CO)C(O)C(OS(=O)(=O)O)C1O. The molecule has 0 aromatic rings. The van der Waals surface area contributed by atoms with Gasteiger partial charge < -0.3 is 34.3 Å². The third-order valence-electron chi connectivity index (χ3n) is 12.3. The third kappa shape index (κ3) is 37.2. The first-order valence-corrected chi connectivity index (χ1v) is 28.0. The van der Waals surface area contributed by atoms with Crippen molar-refractivity contribution in [2.45, 2.75) is 275 Å². The van der Waals surface area contributed by atoms with Crippen molar-refractivity contribution in [1.29, 1.82) is 0 Å². The van der Waals surface area contributed by atoms with Gasteiger partial charge in [0.15, 0.2) is 6.29 Å². The van der Waals surface area contributed by atoms with E-state index in [1.165, 1.54) is 148 Å². The molecule has 13 heteroatoms. The van der Waals surface area contributed by atoms with Crippen molar-refractivity contribution in [1.82, 2.24) is 0 Å². The van der Waals surface area contributed by atoms with E-state index in [1.807, 2.05) is 0 Å². The van der Waals surface area contributed by atoms with Crippen molar-refractivity contribution in [3.8, 4) is 0 Å². The lowest BCUT2D eigenvalue weighted by molar-refractivity contribution is -0.301. The van der Waals surface area contributed by atoms with Gasteiger partial charge in [-0.05, 0) is 38.5 Å². The summed E-state index contributed by atoms with van der Waals surface area (Å²) < 4.78 is 59.2. The van der Waals surface area contributed by atoms with Crippen molar-refractivity contribution in [3.63, 3.8) is 0 Å². The van der Waals surface area contributed by atoms with E-state index in [2.05, 4.69) is 42.3 Å². The predicted molar refractivity (Wildman–Crippen MR) is 262 cm³/mol. The Bertz CT molecular complexity index is 1230. The molecule has 1 aliphatic heterocycles. The van der Waals surface area contributed by atoms with Crippen molar-refractivity contribution in [2.75, 3.05) is 26.4 Å². The number of aliphatic hydroxyl groups is 3. The number of aliphatic hydroxyl groups excluding tert-OH is 3. The third-order valence-corrected chi connectivity index (χ3v) is 12.8. The second-order valence-corrected chi connectivity index (χ2v) is 19.5. The first-order chi connectivity index (χ1) is 31.6. The Morgan fingerprint density at radius 2 is 1.03 bits per heavy atom. The molecule has 4 N–H and O–H groups in total. The topological polar surface area (TPSA) is 178 Å². The van der Waals surface area contributed by atoms with Crippen LogP contribution in [0.5, 0.6) is 0 Å². The van der Waals surface area contributed by atoms with Crippen LogP contribution in [0.15, 0.2) is 24.3 Å². The summed E-state index contributed by atoms with van der Waals surface area (Å²) in [6, 6.07) is 0. The first kappa shape index (κ1) is 61.6. The van der Waals surface area contributed by atoms with Crippen molar-refractivity contribution in [3.05, 3.63) is 24.3 Å². The fourth-order valence-corrected chi connectivity index (χ4v) is 8.79. The molecule has 384 valence electrons. The summed E-state index contributed by atoms with van der Waals surface area (Å²) in [5, 5.41) is 30.7. The zero-order chi connectivity index (χ0) is 47.5. The second-order valence-electron chi connectivity index (χ2n) is 18.5. The van der Waals surface area contributed by atoms with Crippen LogP contribution in [0.25, 0.3) is 0 Å². The normalized spacial score (nSPS) is 19.8. The smallest absolute Gasteiger partial charge is 0.397 e. The van der Waals surface area contributed by atoms with Crippen LogP contribution in [0.4, 0.5) is 0 Å². The maximum absolute atomic E-state index is 12.9. The maximum atomic E-state index is 12.9. The van der Waals surface area contributed by atoms with Crippen molar-refractivity contribution in [2.24, 2.45) is 0 Å². The summed E-state index contributed by atoms with van der Waals surface area (Å²) in [7, 11) is -5.06. The predicted octanol–water partition coefficient (Wildman–Crippen LogP) is 12.4. The fourth-order valence-electron chi connectivity index (χ4n) is 8.28. The molecule has 1 aliphatic rings. The van der Waals surface area contributed by atoms with Gasteiger partial charge in [0, 0.05) is 13.0 Å². The fraction of sp³-hybridized carbons (Fsp3) is 0.904. The van der Waals surface area contributed by atoms with E-state index in [9.17, 15) is 33.1 Å². The van der Waals surface area contributed by atoms with Crippen molar-refractivity contribution >= 4 is 16.4 Å². The second kappa shape index (κ2) is 43.8. The van der Waals surface area contributed by atoms with Gasteiger partial charge in [-0.15, -0.1) is 0 Å². The molecule has 0 aromatic heterocycles. The number of carbonyl (C=O) groups excluding carboxylic acids is 1. The lowest BCUT2D eigenvalue weighted by Crippen LogP contribution is -2.60. The van der Waals surface area contributed by atoms with E-state index in [0.717, 1.165) is 64.2 Å². The van der Waals surface area contributed by atoms with Crippen LogP contribution >= 0.6 is 0 Å². The van der Waals surface area contributed by atoms with Gasteiger partial charge in [0.2, 0.25) is 0 Å². The van der Waals surface area contributed by atoms with Crippen LogP contribution < -0.4 is 0 Å². The molecular weight excluding hydrogens is 849 g/mol. The van der Waals surface area contributed by atoms with Gasteiger partial charge in [-0.25, -0.2) is 4.18 Å². The summed E-state index contributed by atoms with van der Waals surface area (Å²) in [6.07, 6.45) is 42.2. The molecule has 1 fully saturated rings. The Balaban J connectivity index is 2.29. The highest BCUT2D eigenvalue weighted by Crippen LogP contribution is 2.26. The van der Waals surface area contributed by atoms with Gasteiger partial charge in [0.25, 0.3) is 0 Å². The molecule has 0 amide bonds. The molecule has 0 radical (unpaired) electrons. The molecule has 1 rings (SSSR count). The molecule has 12 nitrogen and oxygen atoms in total. The van der Waals surface area contributed by atoms with Gasteiger partial charge in [0.1, 0.15) is 30.5 Å². The lowest BCUT2D eigenvalue weighted by Gasteiger charge is -2.41. The van der Waals surface area contributed by atoms with Crippen LogP contribution in [0.2, 0.25) is 0 Å². The van der Waals surface area contributed by atoms with Gasteiger partial charge in [-0.3, -0.25) is 9.35 Å². The number of rotatable bonds is 47. The molecule has 1 heterocycles. The number of esters is 1. The van der Waals surface area contributed by atoms with Gasteiger partial charge >= 0.3 is 16.4 Å². The molecular formula is C52H98O12S. The van der Waals surface area contributed by atoms with E-state index >= 15 is 0 Å². The zero-order valence-electron chi connectivity index (χ0n) is 41.3. The van der Waals surface area contributed by atoms with E-state index < -0.39 is 59.8 Å². The summed E-state index contributed by atoms with van der Waals surface area (Å²) >= 11 is 0. The Labute approximate surface area is 397 Å². The number of allylic oxidation sites excluding steroid dienone is 4. The zero-order valence-corrected chi connectivity index (χ0v) is 42.1. The Morgan fingerprint density at radius 1 is 0.585 bits per heavy atom. The van der Waals surface area contributed by atoms with E-state index in [-0.39, 0.29) is 19.6 Å². The Hall–Kier alpha value is -1.42. The molecule has 1 saturated heterocycles. The maximum Gasteiger partial charge on any atom is 0.397 e. The molecule has 65 heavy (non-hydrogen) atoms. The highest BCUT2D eigenvalue weighted by atomic mass is 32.3. The molecule has 0 aromatic carbocycles. The van der Waals surface area contributed by atoms with E-state index in [4.69, 9.17) is 18.9 Å². The largest absolute Gasteiger partial charge is 0.457 e. The quantitative estimate of drug-likeness (QED) is 0.0197. The number of hydrogen-bond donors (Lipinski definition) is 4. The van der Waals surface area contributed by atoms with Gasteiger partial charge in [0.05, 0.1) is 19.8 Å². The van der Waals surface area contributed by atoms with Gasteiger partial charge in [-0.2, -0.15) is 8.42 Å². The number of hydrogen-bond acceptors (Lipinski definition) is 11. The highest BCUT2D eigenvalue weighted by Gasteiger charge is 2.48. The van der Waals surface area contributed by atoms with E-state index in [1.54, 1.807) is 0 Å². The van der Waals surface area contributed by atoms with Gasteiger partial charge in [-0.1, -0.05) is 218 Å². The Morgan fingerprint density at radius 3 is 1.51 bits per heavy atom. The van der Waals surface area contributed by atoms with Crippen LogP contribution in [-0.4, -0.2) is 97.5 Å². The number of ether oxygens (including phenoxy) is 4.